The number of carbonyl (C=O) groups is 4. The van der Waals surface area contributed by atoms with Crippen LogP contribution < -0.4 is 15.1 Å². The fourth-order valence-corrected chi connectivity index (χ4v) is 4.31. The number of hydrogen-bond acceptors (Lipinski definition) is 4. The first kappa shape index (κ1) is 20.6. The molecule has 3 aromatic carbocycles. The first-order valence-corrected chi connectivity index (χ1v) is 10.6. The van der Waals surface area contributed by atoms with Crippen LogP contribution >= 0.6 is 0 Å². The smallest absolute Gasteiger partial charge is 0.266 e. The van der Waals surface area contributed by atoms with Crippen molar-refractivity contribution < 1.29 is 19.2 Å². The fourth-order valence-electron chi connectivity index (χ4n) is 4.31. The molecule has 3 aromatic rings. The van der Waals surface area contributed by atoms with E-state index in [1.165, 1.54) is 23.1 Å². The van der Waals surface area contributed by atoms with Crippen molar-refractivity contribution in [3.63, 3.8) is 0 Å². The zero-order valence-electron chi connectivity index (χ0n) is 18.4. The molecule has 0 aliphatic carbocycles. The molecule has 0 unspecified atom stereocenters. The third-order valence-electron chi connectivity index (χ3n) is 6.17. The predicted octanol–water partition coefficient (Wildman–Crippen LogP) is 3.88. The molecule has 164 valence electrons. The molecule has 2 aliphatic heterocycles. The summed E-state index contributed by atoms with van der Waals surface area (Å²) in [4.78, 5) is 53.6. The minimum atomic E-state index is -0.447. The highest BCUT2D eigenvalue weighted by Gasteiger charge is 2.38. The predicted molar refractivity (Wildman–Crippen MR) is 125 cm³/mol. The van der Waals surface area contributed by atoms with E-state index >= 15 is 0 Å². The van der Waals surface area contributed by atoms with E-state index in [2.05, 4.69) is 5.32 Å². The Morgan fingerprint density at radius 3 is 2.39 bits per heavy atom. The number of benzene rings is 3. The second-order valence-electron chi connectivity index (χ2n) is 8.42. The van der Waals surface area contributed by atoms with Gasteiger partial charge in [0, 0.05) is 24.0 Å². The highest BCUT2D eigenvalue weighted by molar-refractivity contribution is 6.35. The zero-order valence-corrected chi connectivity index (χ0v) is 18.4. The zero-order chi connectivity index (χ0) is 23.4. The molecule has 0 bridgehead atoms. The first-order valence-electron chi connectivity index (χ1n) is 10.6. The van der Waals surface area contributed by atoms with Crippen LogP contribution in [0.1, 0.15) is 47.8 Å². The van der Waals surface area contributed by atoms with Crippen molar-refractivity contribution >= 4 is 40.7 Å². The summed E-state index contributed by atoms with van der Waals surface area (Å²) in [5.41, 5.74) is 5.28. The van der Waals surface area contributed by atoms with E-state index in [1.807, 2.05) is 26.0 Å². The maximum atomic E-state index is 13.1. The first-order chi connectivity index (χ1) is 15.7. The van der Waals surface area contributed by atoms with E-state index in [9.17, 15) is 19.2 Å². The molecule has 2 aliphatic rings. The van der Waals surface area contributed by atoms with Gasteiger partial charge in [0.25, 0.3) is 17.7 Å². The molecular formula is C26H21N3O4. The number of nitrogens with zero attached hydrogens (tertiary/aromatic N) is 2. The average Bonchev–Trinajstić information content (AvgIpc) is 3.21. The van der Waals surface area contributed by atoms with Crippen LogP contribution in [0.4, 0.5) is 17.1 Å². The molecule has 33 heavy (non-hydrogen) atoms. The van der Waals surface area contributed by atoms with E-state index in [0.29, 0.717) is 17.8 Å². The Hall–Kier alpha value is -4.26. The Bertz CT molecular complexity index is 1390. The van der Waals surface area contributed by atoms with E-state index in [-0.39, 0.29) is 22.6 Å². The SMILES string of the molecule is Cc1ccc(C)c(N2C(=O)c3ccc(C(=O)Nc4ccc5c(c4)CC(=O)N5C)cc3C2=O)c1. The summed E-state index contributed by atoms with van der Waals surface area (Å²) in [6.45, 7) is 3.75. The number of imide groups is 1. The molecule has 0 saturated heterocycles. The molecule has 0 aromatic heterocycles. The van der Waals surface area contributed by atoms with Gasteiger partial charge in [0.15, 0.2) is 0 Å². The number of fused-ring (bicyclic) bond motifs is 2. The van der Waals surface area contributed by atoms with Gasteiger partial charge in [-0.25, -0.2) is 4.90 Å². The minimum Gasteiger partial charge on any atom is -0.322 e. The number of anilines is 3. The van der Waals surface area contributed by atoms with Gasteiger partial charge in [0.1, 0.15) is 0 Å². The van der Waals surface area contributed by atoms with Gasteiger partial charge < -0.3 is 10.2 Å². The average molecular weight is 439 g/mol. The van der Waals surface area contributed by atoms with Crippen LogP contribution in [-0.4, -0.2) is 30.7 Å². The molecule has 7 nitrogen and oxygen atoms in total. The molecule has 5 rings (SSSR count). The van der Waals surface area contributed by atoms with Gasteiger partial charge >= 0.3 is 0 Å². The van der Waals surface area contributed by atoms with Crippen LogP contribution in [0.15, 0.2) is 54.6 Å². The Kier molecular flexibility index (Phi) is 4.63. The number of rotatable bonds is 3. The van der Waals surface area contributed by atoms with Crippen LogP contribution in [0.25, 0.3) is 0 Å². The number of carbonyl (C=O) groups excluding carboxylic acids is 4. The van der Waals surface area contributed by atoms with Gasteiger partial charge in [-0.2, -0.15) is 0 Å². The normalized spacial score (nSPS) is 14.6. The van der Waals surface area contributed by atoms with E-state index in [1.54, 1.807) is 36.2 Å². The third-order valence-corrected chi connectivity index (χ3v) is 6.17. The number of likely N-dealkylation sites (N-methyl/N-ethyl adjacent to an activating group) is 1. The molecule has 4 amide bonds. The number of nitrogens with one attached hydrogen (secondary N) is 1. The second-order valence-corrected chi connectivity index (χ2v) is 8.42. The second kappa shape index (κ2) is 7.41. The maximum Gasteiger partial charge on any atom is 0.266 e. The molecule has 0 fully saturated rings. The topological polar surface area (TPSA) is 86.8 Å². The van der Waals surface area contributed by atoms with Crippen LogP contribution in [0.5, 0.6) is 0 Å². The molecule has 0 saturated carbocycles. The molecule has 0 radical (unpaired) electrons. The number of hydrogen-bond donors (Lipinski definition) is 1. The summed E-state index contributed by atoms with van der Waals surface area (Å²) < 4.78 is 0. The van der Waals surface area contributed by atoms with Gasteiger partial charge in [-0.1, -0.05) is 12.1 Å². The van der Waals surface area contributed by atoms with Crippen LogP contribution in [0, 0.1) is 13.8 Å². The lowest BCUT2D eigenvalue weighted by molar-refractivity contribution is -0.117. The Morgan fingerprint density at radius 1 is 0.848 bits per heavy atom. The van der Waals surface area contributed by atoms with Gasteiger partial charge in [-0.15, -0.1) is 0 Å². The third kappa shape index (κ3) is 3.29. The van der Waals surface area contributed by atoms with Gasteiger partial charge in [-0.3, -0.25) is 19.2 Å². The number of amides is 4. The maximum absolute atomic E-state index is 13.1. The van der Waals surface area contributed by atoms with Crippen molar-refractivity contribution in [3.8, 4) is 0 Å². The Balaban J connectivity index is 1.42. The van der Waals surface area contributed by atoms with Gasteiger partial charge in [-0.05, 0) is 73.0 Å². The van der Waals surface area contributed by atoms with Gasteiger partial charge in [0.05, 0.1) is 23.2 Å². The van der Waals surface area contributed by atoms with Crippen molar-refractivity contribution in [2.45, 2.75) is 20.3 Å². The van der Waals surface area contributed by atoms with Gasteiger partial charge in [0.2, 0.25) is 5.91 Å². The summed E-state index contributed by atoms with van der Waals surface area (Å²) in [7, 11) is 1.72. The monoisotopic (exact) mass is 439 g/mol. The van der Waals surface area contributed by atoms with Crippen LogP contribution in [0.3, 0.4) is 0 Å². The molecule has 2 heterocycles. The summed E-state index contributed by atoms with van der Waals surface area (Å²) in [6, 6.07) is 15.4. The largest absolute Gasteiger partial charge is 0.322 e. The molecule has 0 atom stereocenters. The van der Waals surface area contributed by atoms with Crippen LogP contribution in [0.2, 0.25) is 0 Å². The quantitative estimate of drug-likeness (QED) is 0.628. The summed E-state index contributed by atoms with van der Waals surface area (Å²) >= 11 is 0. The highest BCUT2D eigenvalue weighted by atomic mass is 16.2. The van der Waals surface area contributed by atoms with Crippen LogP contribution in [-0.2, 0) is 11.2 Å². The van der Waals surface area contributed by atoms with E-state index < -0.39 is 17.7 Å². The fraction of sp³-hybridized carbons (Fsp3) is 0.154. The number of aryl methyl sites for hydroxylation is 2. The molecular weight excluding hydrogens is 418 g/mol. The highest BCUT2D eigenvalue weighted by Crippen LogP contribution is 2.33. The Labute approximate surface area is 190 Å². The van der Waals surface area contributed by atoms with E-state index in [4.69, 9.17) is 0 Å². The van der Waals surface area contributed by atoms with Crippen molar-refractivity contribution in [1.82, 2.24) is 0 Å². The molecule has 7 heteroatoms. The van der Waals surface area contributed by atoms with Crippen molar-refractivity contribution in [3.05, 3.63) is 88.0 Å². The molecule has 1 N–H and O–H groups in total. The standard InChI is InChI=1S/C26H21N3O4/c1-14-4-5-15(2)22(10-14)29-25(32)19-8-6-16(12-20(19)26(29)33)24(31)27-18-7-9-21-17(11-18)13-23(30)28(21)3/h4-12H,13H2,1-3H3,(H,27,31). The summed E-state index contributed by atoms with van der Waals surface area (Å²) in [5, 5.41) is 2.82. The minimum absolute atomic E-state index is 0.00341. The van der Waals surface area contributed by atoms with Crippen molar-refractivity contribution in [1.29, 1.82) is 0 Å². The van der Waals surface area contributed by atoms with Crippen molar-refractivity contribution in [2.24, 2.45) is 0 Å². The lowest BCUT2D eigenvalue weighted by atomic mass is 10.0. The van der Waals surface area contributed by atoms with E-state index in [0.717, 1.165) is 22.4 Å². The Morgan fingerprint density at radius 2 is 1.61 bits per heavy atom. The lowest BCUT2D eigenvalue weighted by Gasteiger charge is -2.17. The lowest BCUT2D eigenvalue weighted by Crippen LogP contribution is -2.30. The summed E-state index contributed by atoms with van der Waals surface area (Å²) in [5.74, 6) is -1.25. The summed E-state index contributed by atoms with van der Waals surface area (Å²) in [6.07, 6.45) is 0.291. The van der Waals surface area contributed by atoms with Crippen molar-refractivity contribution in [2.75, 3.05) is 22.2 Å². The molecule has 0 spiro atoms.